The molecule has 0 unspecified atom stereocenters. The molecule has 1 fully saturated rings. The minimum atomic E-state index is -0.700. The molecule has 3 atom stereocenters. The highest BCUT2D eigenvalue weighted by atomic mass is 16.6. The molecule has 2 amide bonds. The van der Waals surface area contributed by atoms with Crippen LogP contribution in [0.4, 0.5) is 4.79 Å². The third kappa shape index (κ3) is 3.69. The van der Waals surface area contributed by atoms with Crippen LogP contribution in [0.5, 0.6) is 0 Å². The Hall–Kier alpha value is -1.10. The number of amides is 2. The fourth-order valence-corrected chi connectivity index (χ4v) is 2.23. The number of aliphatic hydroxyl groups is 1. The van der Waals surface area contributed by atoms with Crippen molar-refractivity contribution in [2.24, 2.45) is 11.8 Å². The molecule has 0 aromatic rings. The minimum Gasteiger partial charge on any atom is -0.447 e. The minimum absolute atomic E-state index is 0.149. The van der Waals surface area contributed by atoms with Crippen LogP contribution in [0.25, 0.3) is 0 Å². The first-order valence-corrected chi connectivity index (χ1v) is 7.08. The monoisotopic (exact) mass is 271 g/mol. The molecular weight excluding hydrogens is 246 g/mol. The molecule has 1 aliphatic rings. The van der Waals surface area contributed by atoms with Gasteiger partial charge in [-0.15, -0.1) is 0 Å². The maximum Gasteiger partial charge on any atom is 0.416 e. The fourth-order valence-electron chi connectivity index (χ4n) is 2.23. The topological polar surface area (TPSA) is 66.8 Å². The second kappa shape index (κ2) is 6.89. The van der Waals surface area contributed by atoms with Crippen LogP contribution in [0.3, 0.4) is 0 Å². The average molecular weight is 271 g/mol. The zero-order valence-corrected chi connectivity index (χ0v) is 12.3. The third-order valence-electron chi connectivity index (χ3n) is 3.73. The van der Waals surface area contributed by atoms with Crippen molar-refractivity contribution >= 4 is 12.0 Å². The van der Waals surface area contributed by atoms with Gasteiger partial charge >= 0.3 is 6.09 Å². The summed E-state index contributed by atoms with van der Waals surface area (Å²) in [6, 6.07) is -0.221. The average Bonchev–Trinajstić information content (AvgIpc) is 2.76. The van der Waals surface area contributed by atoms with Crippen LogP contribution in [-0.2, 0) is 9.53 Å². The summed E-state index contributed by atoms with van der Waals surface area (Å²) in [6.45, 7) is 7.85. The number of aliphatic hydroxyl groups excluding tert-OH is 1. The summed E-state index contributed by atoms with van der Waals surface area (Å²) in [7, 11) is 0. The molecule has 1 heterocycles. The molecule has 0 radical (unpaired) electrons. The molecule has 0 spiro atoms. The number of imide groups is 1. The Kier molecular flexibility index (Phi) is 5.79. The summed E-state index contributed by atoms with van der Waals surface area (Å²) in [5, 5.41) is 9.99. The summed E-state index contributed by atoms with van der Waals surface area (Å²) in [4.78, 5) is 25.2. The third-order valence-corrected chi connectivity index (χ3v) is 3.73. The predicted octanol–water partition coefficient (Wildman–Crippen LogP) is 2.18. The molecule has 5 heteroatoms. The van der Waals surface area contributed by atoms with Gasteiger partial charge in [0.15, 0.2) is 0 Å². The molecule has 0 aromatic carbocycles. The molecule has 0 bridgehead atoms. The van der Waals surface area contributed by atoms with Gasteiger partial charge in [-0.2, -0.15) is 0 Å². The SMILES string of the molecule is CCCC[C@H](O)[C@H](C)C(=O)N1C(=O)OC[C@@H]1C(C)C. The molecule has 0 aromatic heterocycles. The van der Waals surface area contributed by atoms with Crippen molar-refractivity contribution in [3.63, 3.8) is 0 Å². The maximum atomic E-state index is 12.3. The van der Waals surface area contributed by atoms with E-state index in [2.05, 4.69) is 0 Å². The van der Waals surface area contributed by atoms with Crippen molar-refractivity contribution < 1.29 is 19.4 Å². The van der Waals surface area contributed by atoms with Crippen molar-refractivity contribution in [1.29, 1.82) is 0 Å². The fraction of sp³-hybridized carbons (Fsp3) is 0.857. The number of carbonyl (C=O) groups excluding carboxylic acids is 2. The van der Waals surface area contributed by atoms with Crippen LogP contribution >= 0.6 is 0 Å². The highest BCUT2D eigenvalue weighted by Crippen LogP contribution is 2.23. The molecule has 0 saturated carbocycles. The Labute approximate surface area is 114 Å². The van der Waals surface area contributed by atoms with E-state index in [1.807, 2.05) is 20.8 Å². The number of cyclic esters (lactones) is 1. The molecule has 1 N–H and O–H groups in total. The van der Waals surface area contributed by atoms with Crippen LogP contribution in [-0.4, -0.2) is 40.8 Å². The number of hydrogen-bond acceptors (Lipinski definition) is 4. The van der Waals surface area contributed by atoms with E-state index < -0.39 is 18.1 Å². The van der Waals surface area contributed by atoms with E-state index in [-0.39, 0.29) is 24.5 Å². The van der Waals surface area contributed by atoms with Gasteiger partial charge in [-0.1, -0.05) is 40.5 Å². The van der Waals surface area contributed by atoms with Gasteiger partial charge in [-0.3, -0.25) is 4.79 Å². The van der Waals surface area contributed by atoms with E-state index in [9.17, 15) is 14.7 Å². The largest absolute Gasteiger partial charge is 0.447 e. The zero-order valence-electron chi connectivity index (χ0n) is 12.3. The molecule has 1 aliphatic heterocycles. The highest BCUT2D eigenvalue weighted by molar-refractivity contribution is 5.94. The Balaban J connectivity index is 2.71. The standard InChI is InChI=1S/C14H25NO4/c1-5-6-7-12(16)10(4)13(17)15-11(9(2)3)8-19-14(15)18/h9-12,16H,5-8H2,1-4H3/t10-,11+,12-/m0/s1. The molecule has 19 heavy (non-hydrogen) atoms. The number of ether oxygens (including phenoxy) is 1. The van der Waals surface area contributed by atoms with Gasteiger partial charge < -0.3 is 9.84 Å². The Morgan fingerprint density at radius 1 is 1.47 bits per heavy atom. The lowest BCUT2D eigenvalue weighted by atomic mass is 9.96. The van der Waals surface area contributed by atoms with Gasteiger partial charge in [-0.05, 0) is 12.3 Å². The van der Waals surface area contributed by atoms with E-state index in [1.54, 1.807) is 6.92 Å². The van der Waals surface area contributed by atoms with Crippen molar-refractivity contribution in [2.75, 3.05) is 6.61 Å². The Bertz CT molecular complexity index is 329. The summed E-state index contributed by atoms with van der Waals surface area (Å²) < 4.78 is 4.96. The Morgan fingerprint density at radius 2 is 2.11 bits per heavy atom. The van der Waals surface area contributed by atoms with Crippen LogP contribution in [0.1, 0.15) is 47.0 Å². The second-order valence-corrected chi connectivity index (χ2v) is 5.59. The van der Waals surface area contributed by atoms with Gasteiger partial charge in [0.1, 0.15) is 6.61 Å². The quantitative estimate of drug-likeness (QED) is 0.804. The smallest absolute Gasteiger partial charge is 0.416 e. The number of nitrogens with zero attached hydrogens (tertiary/aromatic N) is 1. The van der Waals surface area contributed by atoms with E-state index >= 15 is 0 Å². The second-order valence-electron chi connectivity index (χ2n) is 5.59. The first kappa shape index (κ1) is 16.0. The summed E-state index contributed by atoms with van der Waals surface area (Å²) in [5.41, 5.74) is 0. The van der Waals surface area contributed by atoms with Crippen molar-refractivity contribution in [3.8, 4) is 0 Å². The maximum absolute atomic E-state index is 12.3. The molecular formula is C14H25NO4. The lowest BCUT2D eigenvalue weighted by molar-refractivity contribution is -0.137. The van der Waals surface area contributed by atoms with E-state index in [0.29, 0.717) is 6.42 Å². The molecule has 110 valence electrons. The van der Waals surface area contributed by atoms with Gasteiger partial charge in [0.2, 0.25) is 5.91 Å². The van der Waals surface area contributed by atoms with Crippen molar-refractivity contribution in [2.45, 2.75) is 59.1 Å². The number of hydrogen-bond donors (Lipinski definition) is 1. The first-order valence-electron chi connectivity index (χ1n) is 7.08. The number of unbranched alkanes of at least 4 members (excludes halogenated alkanes) is 1. The van der Waals surface area contributed by atoms with E-state index in [0.717, 1.165) is 12.8 Å². The van der Waals surface area contributed by atoms with Gasteiger partial charge in [-0.25, -0.2) is 9.69 Å². The van der Waals surface area contributed by atoms with Gasteiger partial charge in [0.25, 0.3) is 0 Å². The number of rotatable bonds is 6. The van der Waals surface area contributed by atoms with Crippen LogP contribution in [0.2, 0.25) is 0 Å². The van der Waals surface area contributed by atoms with E-state index in [4.69, 9.17) is 4.74 Å². The van der Waals surface area contributed by atoms with Crippen molar-refractivity contribution in [3.05, 3.63) is 0 Å². The van der Waals surface area contributed by atoms with Crippen LogP contribution in [0, 0.1) is 11.8 Å². The van der Waals surface area contributed by atoms with Crippen molar-refractivity contribution in [1.82, 2.24) is 4.90 Å². The normalized spacial score (nSPS) is 22.5. The van der Waals surface area contributed by atoms with Crippen LogP contribution < -0.4 is 0 Å². The number of carbonyl (C=O) groups is 2. The molecule has 1 saturated heterocycles. The van der Waals surface area contributed by atoms with Gasteiger partial charge in [0, 0.05) is 0 Å². The Morgan fingerprint density at radius 3 is 2.63 bits per heavy atom. The molecule has 0 aliphatic carbocycles. The highest BCUT2D eigenvalue weighted by Gasteiger charge is 2.42. The summed E-state index contributed by atoms with van der Waals surface area (Å²) in [6.07, 6.45) is 1.14. The van der Waals surface area contributed by atoms with Crippen LogP contribution in [0.15, 0.2) is 0 Å². The molecule has 5 nitrogen and oxygen atoms in total. The summed E-state index contributed by atoms with van der Waals surface area (Å²) in [5.74, 6) is -0.751. The lowest BCUT2D eigenvalue weighted by Gasteiger charge is -2.27. The zero-order chi connectivity index (χ0) is 14.6. The predicted molar refractivity (Wildman–Crippen MR) is 71.5 cm³/mol. The summed E-state index contributed by atoms with van der Waals surface area (Å²) >= 11 is 0. The van der Waals surface area contributed by atoms with E-state index in [1.165, 1.54) is 4.90 Å². The van der Waals surface area contributed by atoms with Gasteiger partial charge in [0.05, 0.1) is 18.1 Å². The lowest BCUT2D eigenvalue weighted by Crippen LogP contribution is -2.46. The molecule has 1 rings (SSSR count). The first-order chi connectivity index (χ1) is 8.90.